The van der Waals surface area contributed by atoms with Crippen LogP contribution < -0.4 is 10.6 Å². The van der Waals surface area contributed by atoms with Gasteiger partial charge in [0.15, 0.2) is 0 Å². The van der Waals surface area contributed by atoms with Crippen molar-refractivity contribution in [2.75, 3.05) is 52.5 Å². The van der Waals surface area contributed by atoms with E-state index in [1.165, 1.54) is 0 Å². The normalized spacial score (nSPS) is 36.9. The summed E-state index contributed by atoms with van der Waals surface area (Å²) in [5, 5.41) is 16.5. The minimum atomic E-state index is -1.09. The first-order valence-electron chi connectivity index (χ1n) is 14.1. The number of carbonyl (C=O) groups is 3. The maximum absolute atomic E-state index is 14.2. The number of carbonyl (C=O) groups excluding carboxylic acids is 3. The highest BCUT2D eigenvalue weighted by molar-refractivity contribution is 5.99. The monoisotopic (exact) mass is 522 g/mol. The van der Waals surface area contributed by atoms with Gasteiger partial charge in [0.05, 0.1) is 43.3 Å². The van der Waals surface area contributed by atoms with Gasteiger partial charge in [-0.05, 0) is 31.6 Å². The zero-order valence-corrected chi connectivity index (χ0v) is 23.1. The van der Waals surface area contributed by atoms with E-state index in [9.17, 15) is 19.5 Å². The topological polar surface area (TPSA) is 120 Å². The zero-order chi connectivity index (χ0) is 27.0. The number of morpholine rings is 1. The molecule has 10 heteroatoms. The minimum absolute atomic E-state index is 0.00583. The molecule has 3 amide bonds. The van der Waals surface area contributed by atoms with Crippen LogP contribution in [0.15, 0.2) is 0 Å². The molecule has 4 aliphatic rings. The fourth-order valence-corrected chi connectivity index (χ4v) is 7.16. The Morgan fingerprint density at radius 3 is 2.46 bits per heavy atom. The largest absolute Gasteiger partial charge is 0.394 e. The van der Waals surface area contributed by atoms with Crippen LogP contribution in [0.1, 0.15) is 53.9 Å². The Bertz CT molecular complexity index is 866. The van der Waals surface area contributed by atoms with E-state index in [0.717, 1.165) is 25.9 Å². The molecule has 2 bridgehead atoms. The second-order valence-electron chi connectivity index (χ2n) is 11.6. The van der Waals surface area contributed by atoms with Gasteiger partial charge < -0.3 is 30.1 Å². The van der Waals surface area contributed by atoms with Gasteiger partial charge in [0.1, 0.15) is 11.6 Å². The number of hydrogen-bond acceptors (Lipinski definition) is 7. The Labute approximate surface area is 220 Å². The Balaban J connectivity index is 1.66. The fourth-order valence-electron chi connectivity index (χ4n) is 7.16. The molecule has 4 heterocycles. The smallest absolute Gasteiger partial charge is 0.245 e. The number of ether oxygens (including phenoxy) is 2. The molecule has 0 saturated carbocycles. The molecule has 10 nitrogen and oxygen atoms in total. The van der Waals surface area contributed by atoms with E-state index in [1.807, 2.05) is 34.6 Å². The molecule has 4 aliphatic heterocycles. The lowest BCUT2D eigenvalue weighted by Gasteiger charge is -2.39. The van der Waals surface area contributed by atoms with E-state index in [4.69, 9.17) is 9.47 Å². The average Bonchev–Trinajstić information content (AvgIpc) is 3.40. The summed E-state index contributed by atoms with van der Waals surface area (Å²) < 4.78 is 12.2. The highest BCUT2D eigenvalue weighted by Crippen LogP contribution is 2.65. The van der Waals surface area contributed by atoms with E-state index in [0.29, 0.717) is 39.3 Å². The molecule has 37 heavy (non-hydrogen) atoms. The molecule has 4 rings (SSSR count). The highest BCUT2D eigenvalue weighted by Gasteiger charge is 2.80. The lowest BCUT2D eigenvalue weighted by Crippen LogP contribution is -2.59. The molecular formula is C27H46N4O6. The molecule has 1 spiro atoms. The number of aliphatic hydroxyl groups is 1. The summed E-state index contributed by atoms with van der Waals surface area (Å²) in [7, 11) is 0. The molecule has 0 aliphatic carbocycles. The summed E-state index contributed by atoms with van der Waals surface area (Å²) in [5.74, 6) is -2.16. The molecule has 0 aromatic carbocycles. The molecule has 4 fully saturated rings. The molecule has 4 saturated heterocycles. The molecule has 210 valence electrons. The lowest BCUT2D eigenvalue weighted by atomic mass is 9.62. The van der Waals surface area contributed by atoms with E-state index in [1.54, 1.807) is 4.90 Å². The first-order chi connectivity index (χ1) is 17.7. The number of amides is 3. The molecule has 0 aromatic heterocycles. The molecule has 0 radical (unpaired) electrons. The fraction of sp³-hybridized carbons (Fsp3) is 0.889. The van der Waals surface area contributed by atoms with Crippen molar-refractivity contribution in [3.8, 4) is 0 Å². The summed E-state index contributed by atoms with van der Waals surface area (Å²) in [4.78, 5) is 45.5. The first kappa shape index (κ1) is 28.3. The van der Waals surface area contributed by atoms with Gasteiger partial charge in [-0.25, -0.2) is 0 Å². The molecule has 3 unspecified atom stereocenters. The van der Waals surface area contributed by atoms with Gasteiger partial charge in [0.25, 0.3) is 0 Å². The Morgan fingerprint density at radius 1 is 1.16 bits per heavy atom. The van der Waals surface area contributed by atoms with E-state index in [-0.39, 0.29) is 36.2 Å². The maximum Gasteiger partial charge on any atom is 0.245 e. The predicted molar refractivity (Wildman–Crippen MR) is 138 cm³/mol. The third-order valence-corrected chi connectivity index (χ3v) is 9.51. The molecule has 0 aromatic rings. The SMILES string of the molecule is CCCNC(=O)[C@@H]1[C@H]2C(=O)N([C@@H](CO)[C@@H](C)CC)C(C(=O)NCCN3CCOCC3)C23CC(C)[C@@]1(C)O3. The minimum Gasteiger partial charge on any atom is -0.394 e. The number of rotatable bonds is 11. The van der Waals surface area contributed by atoms with Crippen molar-refractivity contribution in [3.05, 3.63) is 0 Å². The van der Waals surface area contributed by atoms with Crippen LogP contribution in [0.4, 0.5) is 0 Å². The van der Waals surface area contributed by atoms with Crippen LogP contribution >= 0.6 is 0 Å². The predicted octanol–water partition coefficient (Wildman–Crippen LogP) is 0.379. The molecular weight excluding hydrogens is 476 g/mol. The van der Waals surface area contributed by atoms with Crippen molar-refractivity contribution in [3.63, 3.8) is 0 Å². The van der Waals surface area contributed by atoms with Gasteiger partial charge in [-0.3, -0.25) is 19.3 Å². The van der Waals surface area contributed by atoms with Gasteiger partial charge in [0.2, 0.25) is 17.7 Å². The maximum atomic E-state index is 14.2. The standard InChI is InChI=1S/C27H46N4O6/c1-6-8-28-23(33)20-21-25(35)31(19(16-32)17(3)7-2)22(27(21)15-18(4)26(20,5)37-27)24(34)29-9-10-30-11-13-36-14-12-30/h17-22,32H,6-16H2,1-5H3,(H,28,33)(H,29,34)/t17-,18?,19-,20-,21-,22?,26+,27?/m0/s1. The van der Waals surface area contributed by atoms with Crippen molar-refractivity contribution in [2.24, 2.45) is 23.7 Å². The number of likely N-dealkylation sites (tertiary alicyclic amines) is 1. The number of aliphatic hydroxyl groups excluding tert-OH is 1. The lowest BCUT2D eigenvalue weighted by molar-refractivity contribution is -0.152. The van der Waals surface area contributed by atoms with Crippen LogP contribution in [-0.2, 0) is 23.9 Å². The van der Waals surface area contributed by atoms with Crippen molar-refractivity contribution < 1.29 is 29.0 Å². The van der Waals surface area contributed by atoms with E-state index < -0.39 is 35.1 Å². The van der Waals surface area contributed by atoms with Gasteiger partial charge in [-0.15, -0.1) is 0 Å². The van der Waals surface area contributed by atoms with Crippen LogP contribution in [0.3, 0.4) is 0 Å². The first-order valence-corrected chi connectivity index (χ1v) is 14.1. The second kappa shape index (κ2) is 11.2. The zero-order valence-electron chi connectivity index (χ0n) is 23.1. The van der Waals surface area contributed by atoms with Crippen molar-refractivity contribution in [1.82, 2.24) is 20.4 Å². The highest BCUT2D eigenvalue weighted by atomic mass is 16.5. The van der Waals surface area contributed by atoms with E-state index in [2.05, 4.69) is 15.5 Å². The Morgan fingerprint density at radius 2 is 1.84 bits per heavy atom. The summed E-state index contributed by atoms with van der Waals surface area (Å²) in [6, 6.07) is -1.42. The van der Waals surface area contributed by atoms with Crippen LogP contribution in [0.5, 0.6) is 0 Å². The second-order valence-corrected chi connectivity index (χ2v) is 11.6. The van der Waals surface area contributed by atoms with Crippen LogP contribution in [0.25, 0.3) is 0 Å². The number of nitrogens with one attached hydrogen (secondary N) is 2. The van der Waals surface area contributed by atoms with Gasteiger partial charge in [-0.2, -0.15) is 0 Å². The molecule has 3 N–H and O–H groups in total. The van der Waals surface area contributed by atoms with Crippen molar-refractivity contribution in [2.45, 2.75) is 77.2 Å². The van der Waals surface area contributed by atoms with Crippen LogP contribution in [-0.4, -0.2) is 108 Å². The van der Waals surface area contributed by atoms with Gasteiger partial charge in [0, 0.05) is 32.7 Å². The number of hydrogen-bond donors (Lipinski definition) is 3. The van der Waals surface area contributed by atoms with Crippen molar-refractivity contribution >= 4 is 17.7 Å². The Kier molecular flexibility index (Phi) is 8.52. The summed E-state index contributed by atoms with van der Waals surface area (Å²) in [5.41, 5.74) is -1.93. The van der Waals surface area contributed by atoms with E-state index >= 15 is 0 Å². The third-order valence-electron chi connectivity index (χ3n) is 9.51. The summed E-state index contributed by atoms with van der Waals surface area (Å²) in [6.45, 7) is 14.4. The Hall–Kier alpha value is -1.75. The van der Waals surface area contributed by atoms with Gasteiger partial charge in [-0.1, -0.05) is 34.1 Å². The van der Waals surface area contributed by atoms with Crippen LogP contribution in [0, 0.1) is 23.7 Å². The number of fused-ring (bicyclic) bond motifs is 1. The summed E-state index contributed by atoms with van der Waals surface area (Å²) in [6.07, 6.45) is 2.05. The van der Waals surface area contributed by atoms with Crippen molar-refractivity contribution in [1.29, 1.82) is 0 Å². The third kappa shape index (κ3) is 4.68. The summed E-state index contributed by atoms with van der Waals surface area (Å²) >= 11 is 0. The quantitative estimate of drug-likeness (QED) is 0.359. The van der Waals surface area contributed by atoms with Crippen LogP contribution in [0.2, 0.25) is 0 Å². The average molecular weight is 523 g/mol. The number of nitrogens with zero attached hydrogens (tertiary/aromatic N) is 2. The van der Waals surface area contributed by atoms with Gasteiger partial charge >= 0.3 is 0 Å². The molecule has 8 atom stereocenters.